The summed E-state index contributed by atoms with van der Waals surface area (Å²) in [5, 5.41) is 22.3. The lowest BCUT2D eigenvalue weighted by atomic mass is 9.77. The van der Waals surface area contributed by atoms with Crippen LogP contribution in [-0.4, -0.2) is 35.0 Å². The van der Waals surface area contributed by atoms with Gasteiger partial charge in [-0.1, -0.05) is 18.2 Å². The average Bonchev–Trinajstić information content (AvgIpc) is 3.15. The number of carboxylic acid groups (broad SMARTS) is 1. The van der Waals surface area contributed by atoms with Crippen molar-refractivity contribution < 1.29 is 24.4 Å². The molecule has 1 spiro atoms. The Morgan fingerprint density at radius 1 is 1.43 bits per heavy atom. The minimum Gasteiger partial charge on any atom is -0.550 e. The summed E-state index contributed by atoms with van der Waals surface area (Å²) in [4.78, 5) is 35.8. The molecule has 2 fully saturated rings. The fraction of sp³-hybridized carbons (Fsp3) is 0.333. The zero-order valence-electron chi connectivity index (χ0n) is 11.7. The lowest BCUT2D eigenvalue weighted by Crippen LogP contribution is -2.45. The highest BCUT2D eigenvalue weighted by molar-refractivity contribution is 6.02. The van der Waals surface area contributed by atoms with E-state index < -0.39 is 40.3 Å². The Labute approximate surface area is 130 Å². The molecular formula is C15H11N2O6-. The summed E-state index contributed by atoms with van der Waals surface area (Å²) in [7, 11) is 0. The van der Waals surface area contributed by atoms with Crippen molar-refractivity contribution in [3.63, 3.8) is 0 Å². The highest BCUT2D eigenvalue weighted by Gasteiger charge is 2.65. The number of carbonyl (C=O) groups excluding carboxylic acids is 2. The molecule has 4 unspecified atom stereocenters. The maximum atomic E-state index is 12.7. The Balaban J connectivity index is 1.73. The zero-order chi connectivity index (χ0) is 16.4. The molecule has 1 aromatic carbocycles. The van der Waals surface area contributed by atoms with Crippen LogP contribution in [0.3, 0.4) is 0 Å². The second kappa shape index (κ2) is 4.39. The predicted octanol–water partition coefficient (Wildman–Crippen LogP) is -0.369. The van der Waals surface area contributed by atoms with E-state index in [4.69, 9.17) is 4.74 Å². The third-order valence-corrected chi connectivity index (χ3v) is 4.72. The van der Waals surface area contributed by atoms with Crippen molar-refractivity contribution in [1.82, 2.24) is 0 Å². The number of nitro groups is 1. The molecule has 4 atom stereocenters. The standard InChI is InChI=1S/C15H12N2O6/c18-13-12-11(14(19)20)10-4-5-15(12,23-10)7-16(13)8-2-1-3-9(6-8)17(21)22/h1-6,10-12H,7H2,(H,19,20)/p-1. The van der Waals surface area contributed by atoms with Gasteiger partial charge in [0.25, 0.3) is 5.69 Å². The van der Waals surface area contributed by atoms with E-state index in [1.54, 1.807) is 18.2 Å². The smallest absolute Gasteiger partial charge is 0.271 e. The number of aliphatic carboxylic acids is 1. The zero-order valence-corrected chi connectivity index (χ0v) is 11.7. The van der Waals surface area contributed by atoms with E-state index in [1.165, 1.54) is 23.1 Å². The Kier molecular flexibility index (Phi) is 2.65. The van der Waals surface area contributed by atoms with Gasteiger partial charge < -0.3 is 19.5 Å². The molecule has 23 heavy (non-hydrogen) atoms. The van der Waals surface area contributed by atoms with E-state index in [1.807, 2.05) is 0 Å². The van der Waals surface area contributed by atoms with Crippen molar-refractivity contribution in [2.24, 2.45) is 11.8 Å². The van der Waals surface area contributed by atoms with Crippen molar-refractivity contribution >= 4 is 23.3 Å². The van der Waals surface area contributed by atoms with E-state index in [2.05, 4.69) is 0 Å². The monoisotopic (exact) mass is 315 g/mol. The highest BCUT2D eigenvalue weighted by Crippen LogP contribution is 2.52. The Hall–Kier alpha value is -2.74. The summed E-state index contributed by atoms with van der Waals surface area (Å²) in [5.41, 5.74) is -0.774. The number of benzene rings is 1. The van der Waals surface area contributed by atoms with Gasteiger partial charge in [0.05, 0.1) is 29.2 Å². The third kappa shape index (κ3) is 1.75. The largest absolute Gasteiger partial charge is 0.550 e. The molecule has 0 aromatic heterocycles. The molecule has 8 heteroatoms. The first kappa shape index (κ1) is 13.9. The molecule has 3 heterocycles. The first-order valence-corrected chi connectivity index (χ1v) is 7.07. The molecular weight excluding hydrogens is 304 g/mol. The molecule has 0 radical (unpaired) electrons. The summed E-state index contributed by atoms with van der Waals surface area (Å²) in [6.45, 7) is 0.133. The van der Waals surface area contributed by atoms with E-state index in [9.17, 15) is 24.8 Å². The fourth-order valence-corrected chi connectivity index (χ4v) is 3.76. The Morgan fingerprint density at radius 3 is 2.91 bits per heavy atom. The highest BCUT2D eigenvalue weighted by atomic mass is 16.6. The van der Waals surface area contributed by atoms with Gasteiger partial charge in [-0.2, -0.15) is 0 Å². The number of nitro benzene ring substituents is 1. The molecule has 3 aliphatic heterocycles. The van der Waals surface area contributed by atoms with Crippen molar-refractivity contribution in [1.29, 1.82) is 0 Å². The van der Waals surface area contributed by atoms with Gasteiger partial charge in [0.1, 0.15) is 5.60 Å². The van der Waals surface area contributed by atoms with Gasteiger partial charge in [-0.25, -0.2) is 0 Å². The van der Waals surface area contributed by atoms with E-state index >= 15 is 0 Å². The van der Waals surface area contributed by atoms with Crippen molar-refractivity contribution in [2.45, 2.75) is 11.7 Å². The topological polar surface area (TPSA) is 113 Å². The second-order valence-corrected chi connectivity index (χ2v) is 5.92. The molecule has 1 aromatic rings. The minimum atomic E-state index is -1.32. The van der Waals surface area contributed by atoms with Crippen LogP contribution in [0.2, 0.25) is 0 Å². The van der Waals surface area contributed by atoms with E-state index in [0.29, 0.717) is 5.69 Å². The van der Waals surface area contributed by atoms with Gasteiger partial charge in [-0.3, -0.25) is 14.9 Å². The second-order valence-electron chi connectivity index (χ2n) is 5.92. The summed E-state index contributed by atoms with van der Waals surface area (Å²) >= 11 is 0. The number of carboxylic acids is 1. The first-order valence-electron chi connectivity index (χ1n) is 7.07. The normalized spacial score (nSPS) is 34.0. The number of hydrogen-bond donors (Lipinski definition) is 0. The van der Waals surface area contributed by atoms with Crippen LogP contribution in [0.5, 0.6) is 0 Å². The Bertz CT molecular complexity index is 775. The van der Waals surface area contributed by atoms with Gasteiger partial charge >= 0.3 is 0 Å². The van der Waals surface area contributed by atoms with Crippen LogP contribution < -0.4 is 10.0 Å². The first-order chi connectivity index (χ1) is 10.9. The SMILES string of the molecule is O=C([O-])C1C2C=CC3(CN(c4cccc([N+](=O)[O-])c4)C(=O)C13)O2. The molecule has 4 rings (SSSR count). The van der Waals surface area contributed by atoms with Gasteiger partial charge in [0.2, 0.25) is 5.91 Å². The molecule has 1 amide bonds. The number of anilines is 1. The number of nitrogens with zero attached hydrogens (tertiary/aromatic N) is 2. The predicted molar refractivity (Wildman–Crippen MR) is 74.2 cm³/mol. The molecule has 0 saturated carbocycles. The van der Waals surface area contributed by atoms with E-state index in [0.717, 1.165) is 0 Å². The molecule has 0 N–H and O–H groups in total. The number of rotatable bonds is 3. The lowest BCUT2D eigenvalue weighted by molar-refractivity contribution is -0.384. The maximum Gasteiger partial charge on any atom is 0.271 e. The number of hydrogen-bond acceptors (Lipinski definition) is 6. The molecule has 8 nitrogen and oxygen atoms in total. The third-order valence-electron chi connectivity index (χ3n) is 4.72. The van der Waals surface area contributed by atoms with Gasteiger partial charge in [-0.15, -0.1) is 0 Å². The molecule has 118 valence electrons. The molecule has 3 aliphatic rings. The summed E-state index contributed by atoms with van der Waals surface area (Å²) in [6, 6.07) is 5.68. The Morgan fingerprint density at radius 2 is 2.22 bits per heavy atom. The number of non-ortho nitro benzene ring substituents is 1. The molecule has 2 bridgehead atoms. The lowest BCUT2D eigenvalue weighted by Gasteiger charge is -2.24. The number of ether oxygens (including phenoxy) is 1. The van der Waals surface area contributed by atoms with Gasteiger partial charge in [0, 0.05) is 24.0 Å². The van der Waals surface area contributed by atoms with Crippen molar-refractivity contribution in [3.05, 3.63) is 46.5 Å². The van der Waals surface area contributed by atoms with Crippen LogP contribution in [0.25, 0.3) is 0 Å². The van der Waals surface area contributed by atoms with Crippen LogP contribution in [0.4, 0.5) is 11.4 Å². The van der Waals surface area contributed by atoms with Crippen molar-refractivity contribution in [2.75, 3.05) is 11.4 Å². The quantitative estimate of drug-likeness (QED) is 0.427. The van der Waals surface area contributed by atoms with Crippen LogP contribution in [0.15, 0.2) is 36.4 Å². The van der Waals surface area contributed by atoms with Crippen molar-refractivity contribution in [3.8, 4) is 0 Å². The summed E-state index contributed by atoms with van der Waals surface area (Å²) < 4.78 is 5.73. The average molecular weight is 315 g/mol. The van der Waals surface area contributed by atoms with Crippen LogP contribution in [0.1, 0.15) is 0 Å². The summed E-state index contributed by atoms with van der Waals surface area (Å²) in [6.07, 6.45) is 2.71. The molecule has 0 aliphatic carbocycles. The van der Waals surface area contributed by atoms with Crippen LogP contribution >= 0.6 is 0 Å². The van der Waals surface area contributed by atoms with E-state index in [-0.39, 0.29) is 12.2 Å². The summed E-state index contributed by atoms with van der Waals surface area (Å²) in [5.74, 6) is -3.62. The number of carbonyl (C=O) groups is 2. The van der Waals surface area contributed by atoms with Crippen LogP contribution in [-0.2, 0) is 14.3 Å². The van der Waals surface area contributed by atoms with Gasteiger partial charge in [-0.05, 0) is 6.07 Å². The fourth-order valence-electron chi connectivity index (χ4n) is 3.76. The molecule has 2 saturated heterocycles. The maximum absolute atomic E-state index is 12.7. The number of amides is 1. The van der Waals surface area contributed by atoms with Crippen LogP contribution in [0, 0.1) is 22.0 Å². The van der Waals surface area contributed by atoms with Gasteiger partial charge in [0.15, 0.2) is 0 Å². The minimum absolute atomic E-state index is 0.133. The number of fused-ring (bicyclic) bond motifs is 1.